The fourth-order valence-corrected chi connectivity index (χ4v) is 16.0. The fourth-order valence-electron chi connectivity index (χ4n) is 14.9. The van der Waals surface area contributed by atoms with Crippen LogP contribution in [0, 0.1) is 24.2 Å². The number of fused-ring (bicyclic) bond motifs is 7. The standard InChI is InChI=1S/C63H77ClN10O6S/c1-38-55(81-37-65-38)43-17-15-41(16-18-43)49(35-71-29-23-44(24-30-71)60(79)80)66-57(76)53-32-46(75)34-72(53)59(78)56(62(2,3)4)73-36-50(68-69-73)42-13-11-39(12-14-42)33-70-27-21-40(22-28-70)45-19-20-47-52(31-45)74-51-10-8-9-48(64)54(51)58(77)67-61(74)63(47)25-6-5-7-26-63/h8-10,15-20,31,36-37,39-40,42,44,46,49,53,56,75H,5-7,11-14,21-30,32-35H2,1-4H3,(H,66,76)(H,79,80)/t39?,42?,46-,49+,53+,56-/m1/s1. The van der Waals surface area contributed by atoms with Crippen molar-refractivity contribution in [2.75, 3.05) is 45.8 Å². The lowest BCUT2D eigenvalue weighted by Gasteiger charge is -2.37. The molecular weight excluding hydrogens is 1060 g/mol. The van der Waals surface area contributed by atoms with Gasteiger partial charge in [-0.05, 0) is 155 Å². The molecule has 3 saturated heterocycles. The van der Waals surface area contributed by atoms with E-state index < -0.39 is 35.6 Å². The first-order chi connectivity index (χ1) is 39.0. The lowest BCUT2D eigenvalue weighted by Crippen LogP contribution is -2.52. The molecule has 3 aromatic carbocycles. The van der Waals surface area contributed by atoms with Gasteiger partial charge in [0, 0.05) is 38.2 Å². The highest BCUT2D eigenvalue weighted by Crippen LogP contribution is 2.52. The Bertz CT molecular complexity index is 3360. The molecule has 0 radical (unpaired) electrons. The van der Waals surface area contributed by atoms with Crippen molar-refractivity contribution in [1.29, 1.82) is 0 Å². The molecule has 2 saturated carbocycles. The maximum Gasteiger partial charge on any atom is 0.306 e. The van der Waals surface area contributed by atoms with Gasteiger partial charge in [0.15, 0.2) is 0 Å². The Morgan fingerprint density at radius 3 is 2.31 bits per heavy atom. The van der Waals surface area contributed by atoms with E-state index in [1.54, 1.807) is 27.0 Å². The molecule has 7 heterocycles. The Morgan fingerprint density at radius 1 is 0.889 bits per heavy atom. The smallest absolute Gasteiger partial charge is 0.306 e. The van der Waals surface area contributed by atoms with E-state index in [0.29, 0.717) is 54.7 Å². The molecule has 3 N–H and O–H groups in total. The molecule has 2 aliphatic carbocycles. The summed E-state index contributed by atoms with van der Waals surface area (Å²) in [7, 11) is 0. The van der Waals surface area contributed by atoms with Crippen LogP contribution in [0.4, 0.5) is 0 Å². The molecule has 12 rings (SSSR count). The van der Waals surface area contributed by atoms with Gasteiger partial charge in [0.25, 0.3) is 5.56 Å². The predicted octanol–water partition coefficient (Wildman–Crippen LogP) is 9.98. The second-order valence-electron chi connectivity index (χ2n) is 25.6. The minimum atomic E-state index is -0.903. The van der Waals surface area contributed by atoms with Gasteiger partial charge in [-0.1, -0.05) is 99.3 Å². The van der Waals surface area contributed by atoms with Crippen LogP contribution in [0.5, 0.6) is 0 Å². The van der Waals surface area contributed by atoms with Crippen LogP contribution < -0.4 is 10.9 Å². The van der Waals surface area contributed by atoms with Gasteiger partial charge in [-0.15, -0.1) is 16.4 Å². The van der Waals surface area contributed by atoms with Crippen molar-refractivity contribution in [1.82, 2.24) is 49.5 Å². The third kappa shape index (κ3) is 10.9. The summed E-state index contributed by atoms with van der Waals surface area (Å²) in [6, 6.07) is 18.9. The number of halogens is 1. The molecule has 3 aromatic heterocycles. The highest BCUT2D eigenvalue weighted by Gasteiger charge is 2.48. The molecule has 5 fully saturated rings. The van der Waals surface area contributed by atoms with Gasteiger partial charge in [-0.2, -0.15) is 4.98 Å². The number of hydrogen-bond acceptors (Lipinski definition) is 12. The molecule has 1 spiro atoms. The monoisotopic (exact) mass is 1140 g/mol. The highest BCUT2D eigenvalue weighted by atomic mass is 35.5. The topological polar surface area (TPSA) is 192 Å². The van der Waals surface area contributed by atoms with Gasteiger partial charge in [0.2, 0.25) is 11.8 Å². The number of β-amino-alcohol motifs (C(OH)–C–C–N with tert-alkyl or cyclic N) is 1. The van der Waals surface area contributed by atoms with Crippen LogP contribution in [-0.2, 0) is 19.8 Å². The number of benzene rings is 3. The van der Waals surface area contributed by atoms with Crippen molar-refractivity contribution in [3.8, 4) is 16.1 Å². The van der Waals surface area contributed by atoms with Crippen molar-refractivity contribution in [2.24, 2.45) is 17.3 Å². The zero-order chi connectivity index (χ0) is 56.3. The van der Waals surface area contributed by atoms with Crippen LogP contribution in [0.25, 0.3) is 27.0 Å². The summed E-state index contributed by atoms with van der Waals surface area (Å²) in [5, 5.41) is 34.4. The largest absolute Gasteiger partial charge is 0.481 e. The third-order valence-electron chi connectivity index (χ3n) is 19.3. The van der Waals surface area contributed by atoms with Crippen LogP contribution in [0.3, 0.4) is 0 Å². The highest BCUT2D eigenvalue weighted by molar-refractivity contribution is 7.13. The van der Waals surface area contributed by atoms with Crippen molar-refractivity contribution >= 4 is 51.6 Å². The quantitative estimate of drug-likeness (QED) is 0.0993. The average Bonchev–Trinajstić information content (AvgIpc) is 4.41. The maximum atomic E-state index is 15.0. The lowest BCUT2D eigenvalue weighted by molar-refractivity contribution is -0.144. The summed E-state index contributed by atoms with van der Waals surface area (Å²) in [4.78, 5) is 71.6. The summed E-state index contributed by atoms with van der Waals surface area (Å²) in [5.41, 5.74) is 9.23. The van der Waals surface area contributed by atoms with Crippen molar-refractivity contribution in [3.63, 3.8) is 0 Å². The first kappa shape index (κ1) is 55.7. The van der Waals surface area contributed by atoms with Crippen molar-refractivity contribution in [3.05, 3.63) is 122 Å². The molecule has 2 amide bonds. The van der Waals surface area contributed by atoms with Gasteiger partial charge < -0.3 is 30.2 Å². The Labute approximate surface area is 483 Å². The number of piperidine rings is 2. The van der Waals surface area contributed by atoms with Crippen LogP contribution in [0.15, 0.2) is 77.2 Å². The van der Waals surface area contributed by atoms with Crippen molar-refractivity contribution < 1.29 is 24.6 Å². The summed E-state index contributed by atoms with van der Waals surface area (Å²) in [6.07, 6.45) is 14.1. The molecule has 16 nitrogen and oxygen atoms in total. The fraction of sp³-hybridized carbons (Fsp3) is 0.556. The Morgan fingerprint density at radius 2 is 1.62 bits per heavy atom. The number of carboxylic acids is 1. The van der Waals surface area contributed by atoms with E-state index >= 15 is 0 Å². The summed E-state index contributed by atoms with van der Waals surface area (Å²) in [5.74, 6) is 0.398. The van der Waals surface area contributed by atoms with Gasteiger partial charge in [0.1, 0.15) is 17.9 Å². The van der Waals surface area contributed by atoms with E-state index in [-0.39, 0.29) is 47.6 Å². The second kappa shape index (κ2) is 22.7. The number of aromatic nitrogens is 6. The van der Waals surface area contributed by atoms with E-state index in [2.05, 4.69) is 48.1 Å². The summed E-state index contributed by atoms with van der Waals surface area (Å²) >= 11 is 8.24. The third-order valence-corrected chi connectivity index (χ3v) is 20.6. The number of aryl methyl sites for hydroxylation is 1. The van der Waals surface area contributed by atoms with Crippen LogP contribution in [0.1, 0.15) is 168 Å². The van der Waals surface area contributed by atoms with E-state index in [4.69, 9.17) is 21.7 Å². The second-order valence-corrected chi connectivity index (χ2v) is 26.8. The van der Waals surface area contributed by atoms with Crippen LogP contribution in [0.2, 0.25) is 5.02 Å². The minimum Gasteiger partial charge on any atom is -0.481 e. The normalized spacial score (nSPS) is 23.6. The lowest BCUT2D eigenvalue weighted by atomic mass is 9.69. The van der Waals surface area contributed by atoms with E-state index in [1.807, 2.05) is 75.8 Å². The number of carbonyl (C=O) groups excluding carboxylic acids is 2. The van der Waals surface area contributed by atoms with Gasteiger partial charge >= 0.3 is 5.97 Å². The Kier molecular flexibility index (Phi) is 15.6. The van der Waals surface area contributed by atoms with E-state index in [9.17, 15) is 29.4 Å². The number of aliphatic carboxylic acids is 1. The molecular formula is C63H77ClN10O6S. The Balaban J connectivity index is 0.678. The number of nitrogens with zero attached hydrogens (tertiary/aromatic N) is 9. The molecule has 4 aliphatic heterocycles. The predicted molar refractivity (Wildman–Crippen MR) is 314 cm³/mol. The number of thiazole rings is 1. The Hall–Kier alpha value is -5.85. The zero-order valence-corrected chi connectivity index (χ0v) is 48.8. The number of aliphatic hydroxyl groups excluding tert-OH is 1. The number of rotatable bonds is 13. The number of carbonyl (C=O) groups is 3. The summed E-state index contributed by atoms with van der Waals surface area (Å²) < 4.78 is 3.97. The maximum absolute atomic E-state index is 15.0. The van der Waals surface area contributed by atoms with Crippen LogP contribution >= 0.6 is 22.9 Å². The number of nitrogens with one attached hydrogen (secondary N) is 1. The van der Waals surface area contributed by atoms with Crippen molar-refractivity contribution in [2.45, 2.75) is 159 Å². The number of carboxylic acid groups (broad SMARTS) is 1. The molecule has 4 atom stereocenters. The SMILES string of the molecule is Cc1ncsc1-c1ccc([C@H](CN2CCC(C(=O)O)CC2)NC(=O)[C@@H]2C[C@@H](O)CN2C(=O)[C@@H](n2cc(C3CCC(CN4CCC(c5ccc6c(c5)-n5c(nc(=O)c7c(Cl)cccc75)C65CCCCC5)CC4)CC3)nn2)C(C)(C)C)cc1. The zero-order valence-electron chi connectivity index (χ0n) is 47.2. The molecule has 6 aromatic rings. The molecule has 428 valence electrons. The van der Waals surface area contributed by atoms with Gasteiger partial charge in [0.05, 0.1) is 66.9 Å². The minimum absolute atomic E-state index is 0.0302. The van der Waals surface area contributed by atoms with E-state index in [0.717, 1.165) is 123 Å². The van der Waals surface area contributed by atoms with Gasteiger partial charge in [-0.3, -0.25) is 23.7 Å². The summed E-state index contributed by atoms with van der Waals surface area (Å²) in [6.45, 7) is 12.9. The van der Waals surface area contributed by atoms with E-state index in [1.165, 1.54) is 23.2 Å². The first-order valence-electron chi connectivity index (χ1n) is 29.8. The molecule has 0 unspecified atom stereocenters. The van der Waals surface area contributed by atoms with Gasteiger partial charge in [-0.25, -0.2) is 9.67 Å². The molecule has 0 bridgehead atoms. The first-order valence-corrected chi connectivity index (χ1v) is 31.0. The number of amides is 2. The molecule has 18 heteroatoms. The number of aliphatic hydroxyl groups is 1. The number of likely N-dealkylation sites (tertiary alicyclic amines) is 3. The molecule has 81 heavy (non-hydrogen) atoms. The van der Waals surface area contributed by atoms with Crippen LogP contribution in [-0.4, -0.2) is 130 Å². The molecule has 6 aliphatic rings. The number of hydrogen-bond donors (Lipinski definition) is 3. The average molecular weight is 1140 g/mol.